The van der Waals surface area contributed by atoms with Crippen molar-refractivity contribution in [1.82, 2.24) is 5.32 Å². The van der Waals surface area contributed by atoms with Crippen LogP contribution in [0.15, 0.2) is 24.3 Å². The summed E-state index contributed by atoms with van der Waals surface area (Å²) >= 11 is 0. The topological polar surface area (TPSA) is 92.7 Å². The summed E-state index contributed by atoms with van der Waals surface area (Å²) < 4.78 is 6.00. The summed E-state index contributed by atoms with van der Waals surface area (Å²) in [6.45, 7) is 4.19. The van der Waals surface area contributed by atoms with E-state index >= 15 is 0 Å². The lowest BCUT2D eigenvalue weighted by atomic mass is 10.0. The Morgan fingerprint density at radius 2 is 0.917 bits per heavy atom. The third-order valence-corrected chi connectivity index (χ3v) is 9.10. The Kier molecular flexibility index (Phi) is 36.0. The van der Waals surface area contributed by atoms with Crippen LogP contribution in [0, 0.1) is 0 Å². The number of carbonyl (C=O) groups excluding carboxylic acids is 2. The molecule has 48 heavy (non-hydrogen) atoms. The van der Waals surface area contributed by atoms with Gasteiger partial charge in [0.2, 0.25) is 5.91 Å². The largest absolute Gasteiger partial charge is 0.480 e. The molecule has 0 heterocycles. The predicted octanol–water partition coefficient (Wildman–Crippen LogP) is 12.3. The highest BCUT2D eigenvalue weighted by Crippen LogP contribution is 2.18. The van der Waals surface area contributed by atoms with Crippen molar-refractivity contribution in [2.75, 3.05) is 6.54 Å². The maximum absolute atomic E-state index is 12.7. The van der Waals surface area contributed by atoms with Crippen LogP contribution >= 0.6 is 0 Å². The van der Waals surface area contributed by atoms with Gasteiger partial charge >= 0.3 is 11.9 Å². The molecule has 0 rings (SSSR count). The Balaban J connectivity index is 4.22. The number of amides is 1. The van der Waals surface area contributed by atoms with Crippen LogP contribution in [0.4, 0.5) is 0 Å². The van der Waals surface area contributed by atoms with Crippen molar-refractivity contribution in [3.8, 4) is 0 Å². The van der Waals surface area contributed by atoms with Gasteiger partial charge in [-0.25, -0.2) is 0 Å². The molecule has 0 bridgehead atoms. The summed E-state index contributed by atoms with van der Waals surface area (Å²) in [7, 11) is 0. The first kappa shape index (κ1) is 45.9. The minimum absolute atomic E-state index is 0.0105. The minimum Gasteiger partial charge on any atom is -0.480 e. The number of carbonyl (C=O) groups is 3. The first-order chi connectivity index (χ1) is 23.5. The number of hydrogen-bond acceptors (Lipinski definition) is 4. The zero-order chi connectivity index (χ0) is 35.2. The second-order valence-corrected chi connectivity index (χ2v) is 13.9. The number of carboxylic acids is 1. The molecule has 0 aliphatic heterocycles. The fraction of sp³-hybridized carbons (Fsp3) is 0.833. The maximum atomic E-state index is 12.7. The lowest BCUT2D eigenvalue weighted by molar-refractivity contribution is -0.150. The molecule has 0 radical (unpaired) electrons. The number of nitrogens with one attached hydrogen (secondary N) is 1. The number of allylic oxidation sites excluding steroid dienone is 4. The van der Waals surface area contributed by atoms with Crippen molar-refractivity contribution in [3.63, 3.8) is 0 Å². The smallest absolute Gasteiger partial charge is 0.322 e. The number of hydrogen-bond donors (Lipinski definition) is 2. The molecule has 0 spiro atoms. The molecule has 0 aliphatic rings. The van der Waals surface area contributed by atoms with Crippen LogP contribution in [0.2, 0.25) is 0 Å². The third kappa shape index (κ3) is 36.7. The molecule has 0 saturated heterocycles. The van der Waals surface area contributed by atoms with Crippen LogP contribution in [0.25, 0.3) is 0 Å². The molecular formula is C42H77NO5. The monoisotopic (exact) mass is 676 g/mol. The van der Waals surface area contributed by atoms with Crippen LogP contribution < -0.4 is 5.32 Å². The molecule has 0 fully saturated rings. The van der Waals surface area contributed by atoms with Crippen molar-refractivity contribution >= 4 is 17.8 Å². The molecule has 1 amide bonds. The van der Waals surface area contributed by atoms with Crippen molar-refractivity contribution in [2.24, 2.45) is 0 Å². The van der Waals surface area contributed by atoms with Crippen LogP contribution in [0.5, 0.6) is 0 Å². The number of carboxylic acid groups (broad SMARTS) is 1. The Bertz CT molecular complexity index is 793. The van der Waals surface area contributed by atoms with Gasteiger partial charge in [-0.2, -0.15) is 0 Å². The summed E-state index contributed by atoms with van der Waals surface area (Å²) in [6.07, 6.45) is 44.4. The highest BCUT2D eigenvalue weighted by atomic mass is 16.5. The minimum atomic E-state index is -1.02. The summed E-state index contributed by atoms with van der Waals surface area (Å²) in [6, 6.07) is 0. The van der Waals surface area contributed by atoms with Gasteiger partial charge in [0.1, 0.15) is 12.6 Å². The van der Waals surface area contributed by atoms with Gasteiger partial charge in [0.15, 0.2) is 0 Å². The van der Waals surface area contributed by atoms with Crippen molar-refractivity contribution in [2.45, 2.75) is 219 Å². The fourth-order valence-electron chi connectivity index (χ4n) is 6.02. The normalized spacial score (nSPS) is 12.2. The molecule has 0 aliphatic carbocycles. The van der Waals surface area contributed by atoms with Crippen LogP contribution in [0.3, 0.4) is 0 Å². The van der Waals surface area contributed by atoms with Gasteiger partial charge in [0, 0.05) is 12.8 Å². The Morgan fingerprint density at radius 1 is 0.521 bits per heavy atom. The predicted molar refractivity (Wildman–Crippen MR) is 203 cm³/mol. The van der Waals surface area contributed by atoms with E-state index in [-0.39, 0.29) is 24.5 Å². The molecule has 0 saturated carbocycles. The quantitative estimate of drug-likeness (QED) is 0.0388. The molecule has 0 aromatic heterocycles. The number of unbranched alkanes of at least 4 members (excludes halogenated alkanes) is 22. The number of rotatable bonds is 37. The second-order valence-electron chi connectivity index (χ2n) is 13.9. The lowest BCUT2D eigenvalue weighted by Gasteiger charge is -2.18. The van der Waals surface area contributed by atoms with Crippen LogP contribution in [-0.4, -0.2) is 35.6 Å². The highest BCUT2D eigenvalue weighted by molar-refractivity contribution is 5.80. The maximum Gasteiger partial charge on any atom is 0.322 e. The molecule has 1 atom stereocenters. The molecule has 0 aromatic rings. The summed E-state index contributed by atoms with van der Waals surface area (Å²) in [5.41, 5.74) is 0. The van der Waals surface area contributed by atoms with E-state index < -0.39 is 5.97 Å². The summed E-state index contributed by atoms with van der Waals surface area (Å²) in [5.74, 6) is -1.25. The lowest BCUT2D eigenvalue weighted by Crippen LogP contribution is -2.28. The molecule has 2 N–H and O–H groups in total. The van der Waals surface area contributed by atoms with E-state index in [0.29, 0.717) is 12.8 Å². The first-order valence-corrected chi connectivity index (χ1v) is 20.5. The average Bonchev–Trinajstić information content (AvgIpc) is 3.07. The van der Waals surface area contributed by atoms with E-state index in [1.165, 1.54) is 116 Å². The molecule has 1 unspecified atom stereocenters. The van der Waals surface area contributed by atoms with Crippen molar-refractivity contribution < 1.29 is 24.2 Å². The number of aliphatic carboxylic acids is 1. The molecule has 6 nitrogen and oxygen atoms in total. The Labute approximate surface area is 296 Å². The van der Waals surface area contributed by atoms with E-state index in [4.69, 9.17) is 9.84 Å². The Morgan fingerprint density at radius 3 is 1.42 bits per heavy atom. The van der Waals surface area contributed by atoms with Crippen LogP contribution in [-0.2, 0) is 19.1 Å². The molecular weight excluding hydrogens is 598 g/mol. The number of ether oxygens (including phenoxy) is 1. The van der Waals surface area contributed by atoms with Gasteiger partial charge in [-0.3, -0.25) is 14.4 Å². The van der Waals surface area contributed by atoms with E-state index in [9.17, 15) is 14.4 Å². The standard InChI is InChI=1S/C42H77NO5/c1-3-5-7-9-11-13-15-16-17-18-20-21-23-26-30-34-39(35-31-27-25-28-32-36-40(44)43-38-41(45)46)48-42(47)37-33-29-24-22-19-14-12-10-8-6-4-2/h10,12,18,20,39H,3-9,11,13-17,19,21-38H2,1-2H3,(H,43,44)(H,45,46)/b12-10-,20-18-. The van der Waals surface area contributed by atoms with Crippen LogP contribution in [0.1, 0.15) is 213 Å². The summed E-state index contributed by atoms with van der Waals surface area (Å²) in [4.78, 5) is 34.9. The Hall–Kier alpha value is -2.11. The van der Waals surface area contributed by atoms with Gasteiger partial charge in [-0.15, -0.1) is 0 Å². The molecule has 280 valence electrons. The zero-order valence-corrected chi connectivity index (χ0v) is 31.6. The molecule has 0 aromatic carbocycles. The van der Waals surface area contributed by atoms with E-state index in [1.807, 2.05) is 0 Å². The van der Waals surface area contributed by atoms with Gasteiger partial charge in [0.05, 0.1) is 0 Å². The van der Waals surface area contributed by atoms with E-state index in [0.717, 1.165) is 70.6 Å². The first-order valence-electron chi connectivity index (χ1n) is 20.5. The van der Waals surface area contributed by atoms with Gasteiger partial charge in [-0.05, 0) is 83.5 Å². The van der Waals surface area contributed by atoms with Gasteiger partial charge in [-0.1, -0.05) is 141 Å². The number of esters is 1. The van der Waals surface area contributed by atoms with Crippen molar-refractivity contribution in [3.05, 3.63) is 24.3 Å². The fourth-order valence-corrected chi connectivity index (χ4v) is 6.02. The van der Waals surface area contributed by atoms with Gasteiger partial charge < -0.3 is 15.2 Å². The third-order valence-electron chi connectivity index (χ3n) is 9.10. The van der Waals surface area contributed by atoms with E-state index in [1.54, 1.807) is 0 Å². The molecule has 6 heteroatoms. The summed E-state index contributed by atoms with van der Waals surface area (Å²) in [5, 5.41) is 11.1. The van der Waals surface area contributed by atoms with E-state index in [2.05, 4.69) is 43.5 Å². The highest BCUT2D eigenvalue weighted by Gasteiger charge is 2.14. The average molecular weight is 676 g/mol. The zero-order valence-electron chi connectivity index (χ0n) is 31.6. The second kappa shape index (κ2) is 37.7. The van der Waals surface area contributed by atoms with Gasteiger partial charge in [0.25, 0.3) is 0 Å². The van der Waals surface area contributed by atoms with Crippen molar-refractivity contribution in [1.29, 1.82) is 0 Å². The SMILES string of the molecule is CCCC/C=C\CCCCCCCC(=O)OC(CCCCC/C=C\CCCCCCCCCC)CCCCCCCC(=O)NCC(=O)O.